The Kier molecular flexibility index (Phi) is 2.93. The van der Waals surface area contributed by atoms with E-state index in [9.17, 15) is 0 Å². The predicted octanol–water partition coefficient (Wildman–Crippen LogP) is 1.19. The maximum Gasteiger partial charge on any atom is 0.212 e. The van der Waals surface area contributed by atoms with Gasteiger partial charge in [-0.25, -0.2) is 0 Å². The van der Waals surface area contributed by atoms with Gasteiger partial charge >= 0.3 is 0 Å². The van der Waals surface area contributed by atoms with Crippen LogP contribution in [0.3, 0.4) is 0 Å². The first-order valence-corrected chi connectivity index (χ1v) is 6.45. The van der Waals surface area contributed by atoms with E-state index in [-0.39, 0.29) is 0 Å². The first kappa shape index (κ1) is 7.79. The van der Waals surface area contributed by atoms with E-state index in [0.29, 0.717) is 0 Å². The van der Waals surface area contributed by atoms with Crippen molar-refractivity contribution in [2.24, 2.45) is 5.40 Å². The first-order valence-electron chi connectivity index (χ1n) is 3.22. The van der Waals surface area contributed by atoms with Gasteiger partial charge < -0.3 is 5.40 Å². The molecule has 0 aliphatic rings. The Morgan fingerprint density at radius 1 is 1.30 bits per heavy atom. The molecule has 0 aliphatic heterocycles. The van der Waals surface area contributed by atoms with Crippen LogP contribution in [-0.2, 0) is 6.04 Å². The van der Waals surface area contributed by atoms with E-state index in [1.165, 1.54) is 5.56 Å². The molecule has 0 heterocycles. The van der Waals surface area contributed by atoms with E-state index < -0.39 is 8.27 Å². The number of halogens is 1. The highest BCUT2D eigenvalue weighted by molar-refractivity contribution is 7.04. The quantitative estimate of drug-likeness (QED) is 0.525. The fourth-order valence-corrected chi connectivity index (χ4v) is 2.10. The highest BCUT2D eigenvalue weighted by atomic mass is 35.6. The van der Waals surface area contributed by atoms with E-state index >= 15 is 0 Å². The van der Waals surface area contributed by atoms with Gasteiger partial charge in [-0.3, -0.25) is 0 Å². The average molecular weight is 172 g/mol. The van der Waals surface area contributed by atoms with Crippen molar-refractivity contribution < 1.29 is 0 Å². The van der Waals surface area contributed by atoms with Crippen molar-refractivity contribution in [2.75, 3.05) is 0 Å². The second kappa shape index (κ2) is 3.76. The Hall–Kier alpha value is -0.313. The molecule has 0 fully saturated rings. The van der Waals surface area contributed by atoms with Crippen LogP contribution < -0.4 is 5.40 Å². The maximum atomic E-state index is 5.73. The molecular formula is C7H10ClNSi. The van der Waals surface area contributed by atoms with E-state index in [2.05, 4.69) is 12.1 Å². The van der Waals surface area contributed by atoms with Gasteiger partial charge in [0.05, 0.1) is 0 Å². The second-order valence-corrected chi connectivity index (χ2v) is 5.33. The smallest absolute Gasteiger partial charge is 0.212 e. The lowest BCUT2D eigenvalue weighted by atomic mass is 10.2. The van der Waals surface area contributed by atoms with Gasteiger partial charge in [0.15, 0.2) is 0 Å². The van der Waals surface area contributed by atoms with Crippen LogP contribution in [-0.4, -0.2) is 8.27 Å². The minimum atomic E-state index is -1.42. The largest absolute Gasteiger partial charge is 0.341 e. The molecule has 1 aromatic carbocycles. The first-order chi connectivity index (χ1) is 4.79. The molecule has 0 aliphatic carbocycles. The summed E-state index contributed by atoms with van der Waals surface area (Å²) in [6, 6.07) is 11.0. The zero-order valence-electron chi connectivity index (χ0n) is 5.63. The van der Waals surface area contributed by atoms with Gasteiger partial charge in [0, 0.05) is 0 Å². The Balaban J connectivity index is 2.59. The molecule has 1 unspecified atom stereocenters. The van der Waals surface area contributed by atoms with Gasteiger partial charge in [0.1, 0.15) is 0 Å². The van der Waals surface area contributed by atoms with Gasteiger partial charge in [0.25, 0.3) is 0 Å². The molecule has 1 nitrogen and oxygen atoms in total. The maximum absolute atomic E-state index is 5.73. The van der Waals surface area contributed by atoms with Gasteiger partial charge in [-0.05, 0) is 11.6 Å². The standard InChI is InChI=1S/C7H10ClNSi/c8-10(9)6-7-4-2-1-3-5-7/h1-5,10H,6,9H2. The summed E-state index contributed by atoms with van der Waals surface area (Å²) < 4.78 is 0. The number of nitrogens with two attached hydrogens (primary N) is 1. The fraction of sp³-hybridized carbons (Fsp3) is 0.143. The molecule has 2 N–H and O–H groups in total. The van der Waals surface area contributed by atoms with Crippen molar-refractivity contribution in [1.82, 2.24) is 0 Å². The summed E-state index contributed by atoms with van der Waals surface area (Å²) >= 11 is 5.73. The van der Waals surface area contributed by atoms with Crippen LogP contribution in [0.5, 0.6) is 0 Å². The second-order valence-electron chi connectivity index (χ2n) is 2.21. The molecular weight excluding hydrogens is 162 g/mol. The molecule has 10 heavy (non-hydrogen) atoms. The topological polar surface area (TPSA) is 26.0 Å². The number of hydrogen-bond donors (Lipinski definition) is 1. The minimum Gasteiger partial charge on any atom is -0.341 e. The lowest BCUT2D eigenvalue weighted by Gasteiger charge is -1.99. The van der Waals surface area contributed by atoms with Crippen molar-refractivity contribution in [3.05, 3.63) is 35.9 Å². The molecule has 0 saturated heterocycles. The van der Waals surface area contributed by atoms with Crippen LogP contribution in [0.4, 0.5) is 0 Å². The molecule has 0 spiro atoms. The van der Waals surface area contributed by atoms with Crippen LogP contribution in [0.2, 0.25) is 0 Å². The van der Waals surface area contributed by atoms with Gasteiger partial charge in [-0.15, -0.1) is 0 Å². The van der Waals surface area contributed by atoms with E-state index in [0.717, 1.165) is 6.04 Å². The molecule has 0 radical (unpaired) electrons. The van der Waals surface area contributed by atoms with Gasteiger partial charge in [-0.2, -0.15) is 11.1 Å². The molecule has 1 rings (SSSR count). The Morgan fingerprint density at radius 2 is 1.90 bits per heavy atom. The SMILES string of the molecule is N[SiH](Cl)Cc1ccccc1. The van der Waals surface area contributed by atoms with Crippen molar-refractivity contribution in [3.63, 3.8) is 0 Å². The molecule has 0 aromatic heterocycles. The zero-order chi connectivity index (χ0) is 7.40. The van der Waals surface area contributed by atoms with Crippen molar-refractivity contribution >= 4 is 19.3 Å². The Labute approximate surface area is 67.2 Å². The summed E-state index contributed by atoms with van der Waals surface area (Å²) in [6.07, 6.45) is 0. The van der Waals surface area contributed by atoms with Crippen LogP contribution >= 0.6 is 11.1 Å². The number of rotatable bonds is 2. The minimum absolute atomic E-state index is 0.877. The summed E-state index contributed by atoms with van der Waals surface area (Å²) in [6.45, 7) is 0. The molecule has 1 aromatic rings. The molecule has 1 atom stereocenters. The lowest BCUT2D eigenvalue weighted by Crippen LogP contribution is -2.21. The van der Waals surface area contributed by atoms with Crippen molar-refractivity contribution in [3.8, 4) is 0 Å². The fourth-order valence-electron chi connectivity index (χ4n) is 0.839. The third-order valence-corrected chi connectivity index (χ3v) is 2.60. The third-order valence-electron chi connectivity index (χ3n) is 1.27. The summed E-state index contributed by atoms with van der Waals surface area (Å²) in [5, 5.41) is 5.53. The Morgan fingerprint density at radius 3 is 2.40 bits per heavy atom. The molecule has 0 saturated carbocycles. The summed E-state index contributed by atoms with van der Waals surface area (Å²) in [5.74, 6) is 0. The lowest BCUT2D eigenvalue weighted by molar-refractivity contribution is 1.36. The summed E-state index contributed by atoms with van der Waals surface area (Å²) in [7, 11) is -1.42. The van der Waals surface area contributed by atoms with Crippen LogP contribution in [0.1, 0.15) is 5.56 Å². The van der Waals surface area contributed by atoms with Crippen molar-refractivity contribution in [1.29, 1.82) is 0 Å². The highest BCUT2D eigenvalue weighted by Crippen LogP contribution is 2.00. The molecule has 54 valence electrons. The molecule has 0 amide bonds. The van der Waals surface area contributed by atoms with Gasteiger partial charge in [-0.1, -0.05) is 30.3 Å². The normalized spacial score (nSPS) is 13.0. The van der Waals surface area contributed by atoms with E-state index in [1.807, 2.05) is 18.2 Å². The van der Waals surface area contributed by atoms with Crippen LogP contribution in [0.15, 0.2) is 30.3 Å². The zero-order valence-corrected chi connectivity index (χ0v) is 7.54. The van der Waals surface area contributed by atoms with E-state index in [4.69, 9.17) is 16.5 Å². The predicted molar refractivity (Wildman–Crippen MR) is 47.3 cm³/mol. The molecule has 3 heteroatoms. The van der Waals surface area contributed by atoms with Gasteiger partial charge in [0.2, 0.25) is 8.27 Å². The summed E-state index contributed by atoms with van der Waals surface area (Å²) in [5.41, 5.74) is 1.25. The average Bonchev–Trinajstić information content (AvgIpc) is 1.88. The van der Waals surface area contributed by atoms with E-state index in [1.54, 1.807) is 0 Å². The molecule has 0 bridgehead atoms. The van der Waals surface area contributed by atoms with Crippen LogP contribution in [0, 0.1) is 0 Å². The summed E-state index contributed by atoms with van der Waals surface area (Å²) in [4.78, 5) is 0. The third kappa shape index (κ3) is 2.52. The number of benzene rings is 1. The highest BCUT2D eigenvalue weighted by Gasteiger charge is 1.99. The van der Waals surface area contributed by atoms with Crippen molar-refractivity contribution in [2.45, 2.75) is 6.04 Å². The van der Waals surface area contributed by atoms with Crippen LogP contribution in [0.25, 0.3) is 0 Å². The number of hydrogen-bond acceptors (Lipinski definition) is 1. The monoisotopic (exact) mass is 171 g/mol. The Bertz CT molecular complexity index is 188.